The third kappa shape index (κ3) is 2.67. The average molecular weight is 321 g/mol. The summed E-state index contributed by atoms with van der Waals surface area (Å²) in [6.07, 6.45) is 3.14. The van der Waals surface area contributed by atoms with E-state index in [0.29, 0.717) is 0 Å². The van der Waals surface area contributed by atoms with Gasteiger partial charge in [-0.2, -0.15) is 0 Å². The second-order valence-electron chi connectivity index (χ2n) is 6.32. The Morgan fingerprint density at radius 1 is 1.21 bits per heavy atom. The van der Waals surface area contributed by atoms with Crippen LogP contribution in [0.25, 0.3) is 10.9 Å². The molecule has 122 valence electrons. The van der Waals surface area contributed by atoms with Crippen molar-refractivity contribution >= 4 is 16.6 Å². The van der Waals surface area contributed by atoms with Gasteiger partial charge in [-0.3, -0.25) is 10.1 Å². The van der Waals surface area contributed by atoms with E-state index in [-0.39, 0.29) is 16.7 Å². The highest BCUT2D eigenvalue weighted by Gasteiger charge is 2.24. The van der Waals surface area contributed by atoms with Gasteiger partial charge in [0.25, 0.3) is 5.69 Å². The molecular weight excluding hydrogens is 302 g/mol. The fourth-order valence-electron chi connectivity index (χ4n) is 3.61. The van der Waals surface area contributed by atoms with Crippen molar-refractivity contribution in [1.82, 2.24) is 10.3 Å². The average Bonchev–Trinajstić information content (AvgIpc) is 2.99. The molecule has 0 aliphatic heterocycles. The minimum absolute atomic E-state index is 0.156. The number of nitrogens with one attached hydrogen (secondary N) is 2. The molecule has 0 fully saturated rings. The lowest BCUT2D eigenvalue weighted by molar-refractivity contribution is -0.384. The molecule has 1 aromatic heterocycles. The number of nitrogens with zero attached hydrogens (tertiary/aromatic N) is 1. The number of hydrogen-bond acceptors (Lipinski definition) is 3. The summed E-state index contributed by atoms with van der Waals surface area (Å²) in [6.45, 7) is 0.820. The van der Waals surface area contributed by atoms with Crippen LogP contribution in [0.1, 0.15) is 35.7 Å². The number of benzene rings is 2. The first-order valence-corrected chi connectivity index (χ1v) is 8.28. The predicted molar refractivity (Wildman–Crippen MR) is 93.9 cm³/mol. The minimum atomic E-state index is -0.327. The Hall–Kier alpha value is -2.66. The van der Waals surface area contributed by atoms with Crippen LogP contribution in [0.2, 0.25) is 0 Å². The maximum atomic E-state index is 11.0. The molecule has 1 aliphatic carbocycles. The second kappa shape index (κ2) is 6.09. The molecule has 0 spiro atoms. The van der Waals surface area contributed by atoms with Crippen LogP contribution in [0.15, 0.2) is 48.5 Å². The van der Waals surface area contributed by atoms with E-state index in [1.165, 1.54) is 16.8 Å². The minimum Gasteiger partial charge on any atom is -0.357 e. The lowest BCUT2D eigenvalue weighted by atomic mass is 9.91. The van der Waals surface area contributed by atoms with Crippen LogP contribution < -0.4 is 5.32 Å². The molecule has 0 radical (unpaired) electrons. The number of fused-ring (bicyclic) bond motifs is 3. The molecular formula is C19H19N3O2. The van der Waals surface area contributed by atoms with Crippen molar-refractivity contribution in [3.8, 4) is 0 Å². The standard InChI is InChI=1S/C19H19N3O2/c23-22(24)14-9-10-17-16(11-14)15-7-4-8-18(19(15)21-17)20-12-13-5-2-1-3-6-13/h1-3,5-6,9-11,18,20-21H,4,7-8,12H2. The molecule has 0 saturated heterocycles. The van der Waals surface area contributed by atoms with Crippen LogP contribution >= 0.6 is 0 Å². The topological polar surface area (TPSA) is 71.0 Å². The second-order valence-corrected chi connectivity index (χ2v) is 6.32. The molecule has 5 heteroatoms. The normalized spacial score (nSPS) is 16.9. The predicted octanol–water partition coefficient (Wildman–Crippen LogP) is 4.24. The summed E-state index contributed by atoms with van der Waals surface area (Å²) in [6, 6.07) is 15.7. The first kappa shape index (κ1) is 14.9. The summed E-state index contributed by atoms with van der Waals surface area (Å²) >= 11 is 0. The zero-order chi connectivity index (χ0) is 16.5. The maximum absolute atomic E-state index is 11.0. The van der Waals surface area contributed by atoms with Gasteiger partial charge in [0, 0.05) is 41.3 Å². The molecule has 0 bridgehead atoms. The summed E-state index contributed by atoms with van der Waals surface area (Å²) in [5.41, 5.74) is 4.82. The van der Waals surface area contributed by atoms with Gasteiger partial charge in [-0.25, -0.2) is 0 Å². The van der Waals surface area contributed by atoms with Gasteiger partial charge in [-0.1, -0.05) is 30.3 Å². The van der Waals surface area contributed by atoms with Crippen LogP contribution in [0.4, 0.5) is 5.69 Å². The van der Waals surface area contributed by atoms with Crippen molar-refractivity contribution in [3.05, 3.63) is 75.5 Å². The third-order valence-electron chi connectivity index (χ3n) is 4.80. The molecule has 1 atom stereocenters. The Morgan fingerprint density at radius 2 is 2.04 bits per heavy atom. The Balaban J connectivity index is 1.64. The Morgan fingerprint density at radius 3 is 2.83 bits per heavy atom. The first-order chi connectivity index (χ1) is 11.7. The highest BCUT2D eigenvalue weighted by Crippen LogP contribution is 2.36. The molecule has 2 N–H and O–H groups in total. The van der Waals surface area contributed by atoms with Gasteiger partial charge in [-0.15, -0.1) is 0 Å². The molecule has 0 amide bonds. The summed E-state index contributed by atoms with van der Waals surface area (Å²) in [7, 11) is 0. The van der Waals surface area contributed by atoms with Gasteiger partial charge >= 0.3 is 0 Å². The van der Waals surface area contributed by atoms with E-state index in [2.05, 4.69) is 22.4 Å². The zero-order valence-electron chi connectivity index (χ0n) is 13.3. The Kier molecular flexibility index (Phi) is 3.78. The van der Waals surface area contributed by atoms with E-state index in [0.717, 1.165) is 36.7 Å². The fourth-order valence-corrected chi connectivity index (χ4v) is 3.61. The van der Waals surface area contributed by atoms with E-state index in [1.54, 1.807) is 12.1 Å². The molecule has 5 nitrogen and oxygen atoms in total. The third-order valence-corrected chi connectivity index (χ3v) is 4.80. The van der Waals surface area contributed by atoms with Gasteiger partial charge in [0.15, 0.2) is 0 Å². The van der Waals surface area contributed by atoms with Crippen molar-refractivity contribution < 1.29 is 4.92 Å². The zero-order valence-corrected chi connectivity index (χ0v) is 13.3. The number of H-pyrrole nitrogens is 1. The number of aromatic amines is 1. The van der Waals surface area contributed by atoms with Gasteiger partial charge in [0.05, 0.1) is 4.92 Å². The molecule has 0 saturated carbocycles. The number of rotatable bonds is 4. The van der Waals surface area contributed by atoms with E-state index in [4.69, 9.17) is 0 Å². The van der Waals surface area contributed by atoms with Crippen LogP contribution in [0.5, 0.6) is 0 Å². The number of nitro benzene ring substituents is 1. The molecule has 1 unspecified atom stereocenters. The number of hydrogen-bond donors (Lipinski definition) is 2. The van der Waals surface area contributed by atoms with E-state index < -0.39 is 0 Å². The van der Waals surface area contributed by atoms with Gasteiger partial charge in [-0.05, 0) is 36.5 Å². The smallest absolute Gasteiger partial charge is 0.270 e. The summed E-state index contributed by atoms with van der Waals surface area (Å²) in [4.78, 5) is 14.2. The highest BCUT2D eigenvalue weighted by atomic mass is 16.6. The molecule has 2 aromatic carbocycles. The van der Waals surface area contributed by atoms with Crippen LogP contribution in [0.3, 0.4) is 0 Å². The van der Waals surface area contributed by atoms with E-state index >= 15 is 0 Å². The lowest BCUT2D eigenvalue weighted by Crippen LogP contribution is -2.24. The summed E-state index contributed by atoms with van der Waals surface area (Å²) in [5.74, 6) is 0. The Bertz CT molecular complexity index is 886. The van der Waals surface area contributed by atoms with Gasteiger partial charge < -0.3 is 10.3 Å². The van der Waals surface area contributed by atoms with Crippen molar-refractivity contribution in [2.75, 3.05) is 0 Å². The van der Waals surface area contributed by atoms with E-state index in [9.17, 15) is 10.1 Å². The highest BCUT2D eigenvalue weighted by molar-refractivity contribution is 5.87. The fraction of sp³-hybridized carbons (Fsp3) is 0.263. The maximum Gasteiger partial charge on any atom is 0.270 e. The summed E-state index contributed by atoms with van der Waals surface area (Å²) in [5, 5.41) is 15.7. The number of aromatic nitrogens is 1. The quantitative estimate of drug-likeness (QED) is 0.557. The lowest BCUT2D eigenvalue weighted by Gasteiger charge is -2.24. The van der Waals surface area contributed by atoms with Crippen LogP contribution in [0, 0.1) is 10.1 Å². The first-order valence-electron chi connectivity index (χ1n) is 8.28. The molecule has 1 heterocycles. The van der Waals surface area contributed by atoms with E-state index in [1.807, 2.05) is 24.3 Å². The molecule has 24 heavy (non-hydrogen) atoms. The Labute approximate surface area is 139 Å². The SMILES string of the molecule is O=[N+]([O-])c1ccc2[nH]c3c(c2c1)CCCC3NCc1ccccc1. The van der Waals surface area contributed by atoms with Crippen molar-refractivity contribution in [2.45, 2.75) is 31.8 Å². The number of aryl methyl sites for hydroxylation is 1. The van der Waals surface area contributed by atoms with Crippen molar-refractivity contribution in [2.24, 2.45) is 0 Å². The largest absolute Gasteiger partial charge is 0.357 e. The number of nitro groups is 1. The molecule has 4 rings (SSSR count). The van der Waals surface area contributed by atoms with Crippen molar-refractivity contribution in [1.29, 1.82) is 0 Å². The summed E-state index contributed by atoms with van der Waals surface area (Å²) < 4.78 is 0. The molecule has 3 aromatic rings. The van der Waals surface area contributed by atoms with Gasteiger partial charge in [0.2, 0.25) is 0 Å². The molecule has 1 aliphatic rings. The van der Waals surface area contributed by atoms with Gasteiger partial charge in [0.1, 0.15) is 0 Å². The van der Waals surface area contributed by atoms with Crippen LogP contribution in [-0.4, -0.2) is 9.91 Å². The van der Waals surface area contributed by atoms with Crippen molar-refractivity contribution in [3.63, 3.8) is 0 Å². The monoisotopic (exact) mass is 321 g/mol. The van der Waals surface area contributed by atoms with Crippen LogP contribution in [-0.2, 0) is 13.0 Å². The number of non-ortho nitro benzene ring substituents is 1.